The van der Waals surface area contributed by atoms with Crippen LogP contribution in [0.1, 0.15) is 24.8 Å². The third kappa shape index (κ3) is 2.02. The summed E-state index contributed by atoms with van der Waals surface area (Å²) in [6, 6.07) is 2.46. The average molecular weight is 265 g/mol. The summed E-state index contributed by atoms with van der Waals surface area (Å²) in [4.78, 5) is 4.20. The third-order valence-corrected chi connectivity index (χ3v) is 4.21. The second-order valence-electron chi connectivity index (χ2n) is 4.95. The van der Waals surface area contributed by atoms with Gasteiger partial charge < -0.3 is 10.1 Å². The molecule has 18 heavy (non-hydrogen) atoms. The van der Waals surface area contributed by atoms with Crippen molar-refractivity contribution >= 4 is 17.2 Å². The van der Waals surface area contributed by atoms with E-state index >= 15 is 0 Å². The van der Waals surface area contributed by atoms with Gasteiger partial charge in [-0.15, -0.1) is 0 Å². The summed E-state index contributed by atoms with van der Waals surface area (Å²) in [5.41, 5.74) is 2.47. The third-order valence-electron chi connectivity index (χ3n) is 3.92. The van der Waals surface area contributed by atoms with Gasteiger partial charge >= 0.3 is 0 Å². The molecule has 96 valence electrons. The van der Waals surface area contributed by atoms with Crippen molar-refractivity contribution in [2.45, 2.75) is 25.3 Å². The summed E-state index contributed by atoms with van der Waals surface area (Å²) in [5, 5.41) is 4.04. The van der Waals surface area contributed by atoms with Gasteiger partial charge in [0.1, 0.15) is 0 Å². The number of pyridine rings is 1. The first-order valence-corrected chi connectivity index (χ1v) is 6.80. The summed E-state index contributed by atoms with van der Waals surface area (Å²) in [6.07, 6.45) is 7.94. The van der Waals surface area contributed by atoms with Crippen LogP contribution in [0.15, 0.2) is 18.3 Å². The van der Waals surface area contributed by atoms with E-state index in [0.29, 0.717) is 16.9 Å². The molecule has 1 aromatic heterocycles. The Morgan fingerprint density at radius 3 is 3.22 bits per heavy atom. The Kier molecular flexibility index (Phi) is 3.27. The summed E-state index contributed by atoms with van der Waals surface area (Å²) < 4.78 is 5.24. The van der Waals surface area contributed by atoms with Crippen LogP contribution >= 0.6 is 11.6 Å². The Morgan fingerprint density at radius 1 is 1.50 bits per heavy atom. The summed E-state index contributed by atoms with van der Waals surface area (Å²) >= 11 is 5.97. The number of rotatable bonds is 2. The smallest absolute Gasteiger partial charge is 0.171 e. The first-order valence-electron chi connectivity index (χ1n) is 6.43. The van der Waals surface area contributed by atoms with Crippen molar-refractivity contribution in [2.24, 2.45) is 5.92 Å². The highest BCUT2D eigenvalue weighted by Gasteiger charge is 2.32. The molecule has 1 aliphatic heterocycles. The molecule has 1 saturated heterocycles. The molecule has 0 radical (unpaired) electrons. The number of nitrogens with zero attached hydrogens (tertiary/aromatic N) is 1. The number of fused-ring (bicyclic) bond motifs is 1. The van der Waals surface area contributed by atoms with E-state index < -0.39 is 0 Å². The zero-order valence-corrected chi connectivity index (χ0v) is 11.2. The molecule has 4 heteroatoms. The fraction of sp³-hybridized carbons (Fsp3) is 0.500. The molecule has 0 spiro atoms. The van der Waals surface area contributed by atoms with Crippen LogP contribution in [0, 0.1) is 5.92 Å². The number of ether oxygens (including phenoxy) is 1. The Labute approximate surface area is 112 Å². The van der Waals surface area contributed by atoms with Gasteiger partial charge in [0.25, 0.3) is 0 Å². The number of hydrogen-bond donors (Lipinski definition) is 1. The normalized spacial score (nSPS) is 26.7. The molecule has 3 rings (SSSR count). The average Bonchev–Trinajstić information content (AvgIpc) is 2.83. The van der Waals surface area contributed by atoms with E-state index in [1.807, 2.05) is 12.3 Å². The molecule has 2 aliphatic rings. The molecule has 1 N–H and O–H groups in total. The minimum absolute atomic E-state index is 0.424. The number of allylic oxidation sites excluding steroid dienone is 1. The molecule has 2 unspecified atom stereocenters. The molecular weight excluding hydrogens is 248 g/mol. The number of methoxy groups -OCH3 is 1. The fourth-order valence-electron chi connectivity index (χ4n) is 3.00. The lowest BCUT2D eigenvalue weighted by Crippen LogP contribution is -2.39. The lowest BCUT2D eigenvalue weighted by molar-refractivity contribution is 0.345. The maximum atomic E-state index is 5.97. The lowest BCUT2D eigenvalue weighted by Gasteiger charge is -2.29. The van der Waals surface area contributed by atoms with E-state index in [-0.39, 0.29) is 0 Å². The van der Waals surface area contributed by atoms with Crippen LogP contribution in [-0.2, 0) is 0 Å². The van der Waals surface area contributed by atoms with Gasteiger partial charge in [-0.2, -0.15) is 0 Å². The molecule has 0 bridgehead atoms. The van der Waals surface area contributed by atoms with E-state index in [2.05, 4.69) is 16.4 Å². The summed E-state index contributed by atoms with van der Waals surface area (Å²) in [5.74, 6) is 1.39. The van der Waals surface area contributed by atoms with Gasteiger partial charge in [-0.05, 0) is 43.4 Å². The van der Waals surface area contributed by atoms with E-state index in [0.717, 1.165) is 24.4 Å². The van der Waals surface area contributed by atoms with Crippen molar-refractivity contribution in [3.63, 3.8) is 0 Å². The maximum absolute atomic E-state index is 5.97. The Balaban J connectivity index is 1.91. The van der Waals surface area contributed by atoms with Crippen molar-refractivity contribution in [1.29, 1.82) is 0 Å². The van der Waals surface area contributed by atoms with E-state index in [4.69, 9.17) is 16.3 Å². The van der Waals surface area contributed by atoms with Crippen LogP contribution < -0.4 is 10.1 Å². The van der Waals surface area contributed by atoms with E-state index in [1.54, 1.807) is 7.11 Å². The fourth-order valence-corrected chi connectivity index (χ4v) is 3.19. The molecular formula is C14H17ClN2O. The van der Waals surface area contributed by atoms with Crippen LogP contribution in [0.25, 0.3) is 5.57 Å². The highest BCUT2D eigenvalue weighted by atomic mass is 35.5. The molecule has 0 aromatic carbocycles. The Hall–Kier alpha value is -1.06. The molecule has 3 nitrogen and oxygen atoms in total. The second-order valence-corrected chi connectivity index (χ2v) is 5.30. The second kappa shape index (κ2) is 4.90. The molecule has 0 saturated carbocycles. The minimum atomic E-state index is 0.424. The van der Waals surface area contributed by atoms with Crippen LogP contribution in [0.2, 0.25) is 5.15 Å². The number of nitrogens with one attached hydrogen (secondary N) is 1. The largest absolute Gasteiger partial charge is 0.494 e. The van der Waals surface area contributed by atoms with Crippen molar-refractivity contribution in [3.05, 3.63) is 29.1 Å². The zero-order valence-electron chi connectivity index (χ0n) is 10.4. The zero-order chi connectivity index (χ0) is 12.5. The molecule has 1 aromatic rings. The topological polar surface area (TPSA) is 34.1 Å². The molecule has 2 atom stereocenters. The number of hydrogen-bond acceptors (Lipinski definition) is 3. The number of aromatic nitrogens is 1. The molecule has 1 fully saturated rings. The monoisotopic (exact) mass is 264 g/mol. The highest BCUT2D eigenvalue weighted by Crippen LogP contribution is 2.38. The SMILES string of the molecule is COc1cc(C2=CCC3CCCNC23)cnc1Cl. The minimum Gasteiger partial charge on any atom is -0.494 e. The summed E-state index contributed by atoms with van der Waals surface area (Å²) in [7, 11) is 1.62. The quantitative estimate of drug-likeness (QED) is 0.834. The summed E-state index contributed by atoms with van der Waals surface area (Å²) in [6.45, 7) is 1.11. The Morgan fingerprint density at radius 2 is 2.39 bits per heavy atom. The Bertz CT molecular complexity index is 487. The van der Waals surface area contributed by atoms with Gasteiger partial charge in [0.15, 0.2) is 10.9 Å². The van der Waals surface area contributed by atoms with E-state index in [1.165, 1.54) is 18.4 Å². The van der Waals surface area contributed by atoms with Gasteiger partial charge in [-0.1, -0.05) is 17.7 Å². The van der Waals surface area contributed by atoms with Crippen LogP contribution in [0.3, 0.4) is 0 Å². The van der Waals surface area contributed by atoms with Crippen molar-refractivity contribution in [2.75, 3.05) is 13.7 Å². The predicted octanol–water partition coefficient (Wildman–Crippen LogP) is 2.90. The van der Waals surface area contributed by atoms with Gasteiger partial charge in [-0.3, -0.25) is 0 Å². The van der Waals surface area contributed by atoms with Gasteiger partial charge in [0.05, 0.1) is 7.11 Å². The van der Waals surface area contributed by atoms with Crippen LogP contribution in [-0.4, -0.2) is 24.7 Å². The molecule has 0 amide bonds. The first kappa shape index (κ1) is 12.0. The van der Waals surface area contributed by atoms with Crippen molar-refractivity contribution in [3.8, 4) is 5.75 Å². The lowest BCUT2D eigenvalue weighted by atomic mass is 9.89. The number of piperidine rings is 1. The van der Waals surface area contributed by atoms with Gasteiger partial charge in [0, 0.05) is 17.8 Å². The van der Waals surface area contributed by atoms with Gasteiger partial charge in [0.2, 0.25) is 0 Å². The highest BCUT2D eigenvalue weighted by molar-refractivity contribution is 6.30. The predicted molar refractivity (Wildman–Crippen MR) is 72.9 cm³/mol. The molecule has 2 heterocycles. The van der Waals surface area contributed by atoms with Crippen LogP contribution in [0.5, 0.6) is 5.75 Å². The first-order chi connectivity index (χ1) is 8.79. The van der Waals surface area contributed by atoms with Crippen molar-refractivity contribution < 1.29 is 4.74 Å². The number of halogens is 1. The van der Waals surface area contributed by atoms with Crippen molar-refractivity contribution in [1.82, 2.24) is 10.3 Å². The molecule has 1 aliphatic carbocycles. The van der Waals surface area contributed by atoms with Crippen LogP contribution in [0.4, 0.5) is 0 Å². The standard InChI is InChI=1S/C14H17ClN2O/c1-18-12-7-10(8-17-14(12)15)11-5-4-9-3-2-6-16-13(9)11/h5,7-9,13,16H,2-4,6H2,1H3. The van der Waals surface area contributed by atoms with Gasteiger partial charge in [-0.25, -0.2) is 4.98 Å². The maximum Gasteiger partial charge on any atom is 0.171 e. The van der Waals surface area contributed by atoms with E-state index in [9.17, 15) is 0 Å².